The SMILES string of the molecule is NS(=O)(=O)c1nn2c(-c3ccc(-c4cccc(OC(F)(F)F)c4)cc3)cnc2s1. The molecule has 29 heavy (non-hydrogen) atoms. The van der Waals surface area contributed by atoms with Crippen LogP contribution in [0.1, 0.15) is 0 Å². The molecule has 0 fully saturated rings. The van der Waals surface area contributed by atoms with Gasteiger partial charge in [-0.05, 0) is 23.3 Å². The summed E-state index contributed by atoms with van der Waals surface area (Å²) in [6, 6.07) is 12.5. The summed E-state index contributed by atoms with van der Waals surface area (Å²) >= 11 is 0.848. The third-order valence-electron chi connectivity index (χ3n) is 3.89. The highest BCUT2D eigenvalue weighted by Gasteiger charge is 2.31. The predicted octanol–water partition coefficient (Wildman–Crippen LogP) is 3.67. The van der Waals surface area contributed by atoms with E-state index in [9.17, 15) is 21.6 Å². The zero-order chi connectivity index (χ0) is 20.8. The number of nitrogens with two attached hydrogens (primary N) is 1. The summed E-state index contributed by atoms with van der Waals surface area (Å²) in [5, 5.41) is 9.08. The number of halogens is 3. The Bertz CT molecular complexity index is 1300. The number of benzene rings is 2. The van der Waals surface area contributed by atoms with Crippen molar-refractivity contribution in [1.29, 1.82) is 0 Å². The summed E-state index contributed by atoms with van der Waals surface area (Å²) in [4.78, 5) is 4.50. The van der Waals surface area contributed by atoms with Crippen molar-refractivity contribution >= 4 is 26.3 Å². The standard InChI is InChI=1S/C17H11F3N4O3S2/c18-17(19,20)27-13-3-1-2-12(8-13)10-4-6-11(7-5-10)14-9-22-15-24(14)23-16(28-15)29(21,25)26/h1-9H,(H2,21,25,26). The molecule has 0 unspecified atom stereocenters. The van der Waals surface area contributed by atoms with Crippen LogP contribution in [0, 0.1) is 0 Å². The monoisotopic (exact) mass is 440 g/mol. The molecule has 0 saturated heterocycles. The van der Waals surface area contributed by atoms with Gasteiger partial charge < -0.3 is 4.74 Å². The van der Waals surface area contributed by atoms with Gasteiger partial charge in [0.05, 0.1) is 11.9 Å². The molecule has 2 heterocycles. The van der Waals surface area contributed by atoms with E-state index in [0.29, 0.717) is 27.3 Å². The van der Waals surface area contributed by atoms with Crippen molar-refractivity contribution in [3.8, 4) is 28.1 Å². The highest BCUT2D eigenvalue weighted by molar-refractivity contribution is 7.91. The largest absolute Gasteiger partial charge is 0.573 e. The van der Waals surface area contributed by atoms with Crippen molar-refractivity contribution in [2.45, 2.75) is 10.7 Å². The molecule has 0 bridgehead atoms. The van der Waals surface area contributed by atoms with Gasteiger partial charge in [0.1, 0.15) is 5.75 Å². The van der Waals surface area contributed by atoms with Gasteiger partial charge in [0.25, 0.3) is 10.0 Å². The maximum absolute atomic E-state index is 12.4. The van der Waals surface area contributed by atoms with E-state index in [0.717, 1.165) is 11.3 Å². The number of ether oxygens (including phenoxy) is 1. The van der Waals surface area contributed by atoms with Crippen LogP contribution in [0.25, 0.3) is 27.3 Å². The maximum atomic E-state index is 12.4. The van der Waals surface area contributed by atoms with Crippen LogP contribution >= 0.6 is 11.3 Å². The molecule has 2 aromatic carbocycles. The molecule has 0 atom stereocenters. The number of hydrogen-bond acceptors (Lipinski definition) is 6. The first kappa shape index (κ1) is 19.4. The van der Waals surface area contributed by atoms with Crippen LogP contribution in [0.2, 0.25) is 0 Å². The van der Waals surface area contributed by atoms with Gasteiger partial charge in [-0.1, -0.05) is 47.7 Å². The summed E-state index contributed by atoms with van der Waals surface area (Å²) in [6.07, 6.45) is -3.22. The van der Waals surface area contributed by atoms with E-state index < -0.39 is 16.4 Å². The van der Waals surface area contributed by atoms with Gasteiger partial charge in [-0.2, -0.15) is 0 Å². The van der Waals surface area contributed by atoms with Crippen molar-refractivity contribution in [1.82, 2.24) is 14.6 Å². The van der Waals surface area contributed by atoms with Crippen LogP contribution < -0.4 is 9.88 Å². The molecular weight excluding hydrogens is 429 g/mol. The lowest BCUT2D eigenvalue weighted by molar-refractivity contribution is -0.274. The topological polar surface area (TPSA) is 99.6 Å². The van der Waals surface area contributed by atoms with E-state index in [1.807, 2.05) is 0 Å². The number of primary sulfonamides is 1. The molecule has 2 aromatic heterocycles. The zero-order valence-corrected chi connectivity index (χ0v) is 15.9. The Hall–Kier alpha value is -2.96. The number of imidazole rings is 1. The minimum atomic E-state index is -4.76. The lowest BCUT2D eigenvalue weighted by Gasteiger charge is -2.10. The molecule has 150 valence electrons. The average Bonchev–Trinajstić information content (AvgIpc) is 3.21. The lowest BCUT2D eigenvalue weighted by Crippen LogP contribution is -2.17. The number of fused-ring (bicyclic) bond motifs is 1. The molecule has 0 aliphatic rings. The Kier molecular flexibility index (Phi) is 4.56. The van der Waals surface area contributed by atoms with E-state index in [1.165, 1.54) is 22.7 Å². The van der Waals surface area contributed by atoms with Crippen molar-refractivity contribution in [2.24, 2.45) is 5.14 Å². The Balaban J connectivity index is 1.66. The highest BCUT2D eigenvalue weighted by atomic mass is 32.2. The number of alkyl halides is 3. The van der Waals surface area contributed by atoms with E-state index >= 15 is 0 Å². The van der Waals surface area contributed by atoms with Crippen LogP contribution in [0.15, 0.2) is 59.1 Å². The third-order valence-corrected chi connectivity index (χ3v) is 6.12. The zero-order valence-electron chi connectivity index (χ0n) is 14.3. The number of aromatic nitrogens is 3. The molecule has 0 aliphatic carbocycles. The lowest BCUT2D eigenvalue weighted by atomic mass is 10.0. The van der Waals surface area contributed by atoms with Crippen molar-refractivity contribution in [3.05, 3.63) is 54.7 Å². The van der Waals surface area contributed by atoms with E-state index in [1.54, 1.807) is 36.5 Å². The Morgan fingerprint density at radius 3 is 2.38 bits per heavy atom. The highest BCUT2D eigenvalue weighted by Crippen LogP contribution is 2.30. The second-order valence-electron chi connectivity index (χ2n) is 5.90. The fourth-order valence-electron chi connectivity index (χ4n) is 2.69. The summed E-state index contributed by atoms with van der Waals surface area (Å²) in [5.41, 5.74) is 2.45. The number of hydrogen-bond donors (Lipinski definition) is 1. The molecule has 0 aliphatic heterocycles. The minimum Gasteiger partial charge on any atom is -0.406 e. The van der Waals surface area contributed by atoms with Gasteiger partial charge in [0.15, 0.2) is 0 Å². The second kappa shape index (κ2) is 6.83. The summed E-state index contributed by atoms with van der Waals surface area (Å²) in [6.45, 7) is 0. The number of nitrogens with zero attached hydrogens (tertiary/aromatic N) is 3. The van der Waals surface area contributed by atoms with Gasteiger partial charge in [-0.15, -0.1) is 18.3 Å². The van der Waals surface area contributed by atoms with Crippen LogP contribution in [0.5, 0.6) is 5.75 Å². The van der Waals surface area contributed by atoms with Gasteiger partial charge in [0, 0.05) is 5.56 Å². The Morgan fingerprint density at radius 1 is 1.03 bits per heavy atom. The first-order chi connectivity index (χ1) is 13.6. The first-order valence-electron chi connectivity index (χ1n) is 7.94. The molecule has 0 radical (unpaired) electrons. The van der Waals surface area contributed by atoms with Crippen LogP contribution in [-0.4, -0.2) is 29.4 Å². The van der Waals surface area contributed by atoms with E-state index in [-0.39, 0.29) is 10.1 Å². The van der Waals surface area contributed by atoms with Crippen LogP contribution in [-0.2, 0) is 10.0 Å². The van der Waals surface area contributed by atoms with Crippen molar-refractivity contribution in [2.75, 3.05) is 0 Å². The van der Waals surface area contributed by atoms with Crippen molar-refractivity contribution < 1.29 is 26.3 Å². The quantitative estimate of drug-likeness (QED) is 0.522. The molecule has 4 rings (SSSR count). The molecule has 0 amide bonds. The van der Waals surface area contributed by atoms with Gasteiger partial charge >= 0.3 is 6.36 Å². The molecule has 2 N–H and O–H groups in total. The smallest absolute Gasteiger partial charge is 0.406 e. The first-order valence-corrected chi connectivity index (χ1v) is 10.3. The number of rotatable bonds is 4. The second-order valence-corrected chi connectivity index (χ2v) is 8.59. The molecule has 0 saturated carbocycles. The Morgan fingerprint density at radius 2 is 1.72 bits per heavy atom. The van der Waals surface area contributed by atoms with E-state index in [4.69, 9.17) is 5.14 Å². The molecule has 7 nitrogen and oxygen atoms in total. The predicted molar refractivity (Wildman–Crippen MR) is 99.8 cm³/mol. The van der Waals surface area contributed by atoms with Gasteiger partial charge in [-0.3, -0.25) is 0 Å². The molecule has 12 heteroatoms. The van der Waals surface area contributed by atoms with E-state index in [2.05, 4.69) is 14.8 Å². The fraction of sp³-hybridized carbons (Fsp3) is 0.0588. The van der Waals surface area contributed by atoms with Crippen molar-refractivity contribution in [3.63, 3.8) is 0 Å². The summed E-state index contributed by atoms with van der Waals surface area (Å²) < 4.78 is 65.2. The van der Waals surface area contributed by atoms with Gasteiger partial charge in [-0.25, -0.2) is 23.1 Å². The fourth-order valence-corrected chi connectivity index (χ4v) is 4.19. The normalized spacial score (nSPS) is 12.4. The Labute approximate surface area is 166 Å². The van der Waals surface area contributed by atoms with Crippen LogP contribution in [0.3, 0.4) is 0 Å². The molecular formula is C17H11F3N4O3S2. The summed E-state index contributed by atoms with van der Waals surface area (Å²) in [7, 11) is -3.94. The summed E-state index contributed by atoms with van der Waals surface area (Å²) in [5.74, 6) is -0.311. The third kappa shape index (κ3) is 4.09. The minimum absolute atomic E-state index is 0.250. The molecule has 0 spiro atoms. The molecule has 4 aromatic rings. The maximum Gasteiger partial charge on any atom is 0.573 e. The average molecular weight is 440 g/mol. The van der Waals surface area contributed by atoms with Gasteiger partial charge in [0.2, 0.25) is 9.30 Å². The number of sulfonamides is 1. The van der Waals surface area contributed by atoms with Crippen LogP contribution in [0.4, 0.5) is 13.2 Å².